The number of thioether (sulfide) groups is 1. The number of anilines is 1. The number of hydrogen-bond acceptors (Lipinski definition) is 8. The number of fused-ring (bicyclic) bond motifs is 1. The van der Waals surface area contributed by atoms with Crippen LogP contribution in [-0.2, 0) is 21.8 Å². The van der Waals surface area contributed by atoms with Gasteiger partial charge in [-0.25, -0.2) is 4.79 Å². The number of rotatable bonds is 8. The number of carbonyl (C=O) groups excluding carboxylic acids is 1. The number of carbonyl (C=O) groups is 1. The Morgan fingerprint density at radius 3 is 2.84 bits per heavy atom. The third kappa shape index (κ3) is 4.23. The summed E-state index contributed by atoms with van der Waals surface area (Å²) >= 11 is 1.57. The number of aromatic nitrogens is 3. The van der Waals surface area contributed by atoms with Crippen LogP contribution in [0.25, 0.3) is 11.0 Å². The highest BCUT2D eigenvalue weighted by Crippen LogP contribution is 2.34. The number of para-hydroxylation sites is 1. The lowest BCUT2D eigenvalue weighted by Gasteiger charge is -2.20. The van der Waals surface area contributed by atoms with Crippen LogP contribution in [0.4, 0.5) is 5.95 Å². The Morgan fingerprint density at radius 1 is 1.22 bits per heavy atom. The molecule has 0 unspecified atom stereocenters. The van der Waals surface area contributed by atoms with Crippen molar-refractivity contribution >= 4 is 34.6 Å². The maximum Gasteiger partial charge on any atom is 0.374 e. The molecule has 5 rings (SSSR count). The standard InChI is InChI=1S/C23H28N4O4S/c1-2-29-21(28)20-18(17-9-3-4-10-19(17)31-20)15-32-23-25-24-22(26-11-5-6-12-26)27(23)14-16-8-7-13-30-16/h3-4,9-10,16H,2,5-8,11-15H2,1H3/t16-/m1/s1. The van der Waals surface area contributed by atoms with Crippen LogP contribution in [0.15, 0.2) is 33.8 Å². The Labute approximate surface area is 191 Å². The lowest BCUT2D eigenvalue weighted by atomic mass is 10.1. The van der Waals surface area contributed by atoms with E-state index in [4.69, 9.17) is 13.9 Å². The smallest absolute Gasteiger partial charge is 0.374 e. The van der Waals surface area contributed by atoms with Crippen LogP contribution in [-0.4, -0.2) is 53.1 Å². The van der Waals surface area contributed by atoms with Crippen molar-refractivity contribution in [1.29, 1.82) is 0 Å². The molecule has 2 aliphatic heterocycles. The van der Waals surface area contributed by atoms with Gasteiger partial charge in [0.05, 0.1) is 19.3 Å². The van der Waals surface area contributed by atoms with Gasteiger partial charge in [-0.2, -0.15) is 0 Å². The topological polar surface area (TPSA) is 82.6 Å². The molecule has 8 nitrogen and oxygen atoms in total. The highest BCUT2D eigenvalue weighted by atomic mass is 32.2. The van der Waals surface area contributed by atoms with E-state index in [9.17, 15) is 4.79 Å². The first kappa shape index (κ1) is 21.3. The summed E-state index contributed by atoms with van der Waals surface area (Å²) in [5, 5.41) is 10.8. The third-order valence-corrected chi connectivity index (χ3v) is 6.99. The molecule has 170 valence electrons. The third-order valence-electron chi connectivity index (χ3n) is 6.00. The van der Waals surface area contributed by atoms with Gasteiger partial charge in [-0.05, 0) is 38.7 Å². The fraction of sp³-hybridized carbons (Fsp3) is 0.522. The Kier molecular flexibility index (Phi) is 6.36. The second kappa shape index (κ2) is 9.54. The summed E-state index contributed by atoms with van der Waals surface area (Å²) in [6.07, 6.45) is 4.70. The number of hydrogen-bond donors (Lipinski definition) is 0. The average Bonchev–Trinajstić information content (AvgIpc) is 3.59. The lowest BCUT2D eigenvalue weighted by Crippen LogP contribution is -2.25. The largest absolute Gasteiger partial charge is 0.460 e. The van der Waals surface area contributed by atoms with Crippen molar-refractivity contribution in [2.45, 2.75) is 56.2 Å². The van der Waals surface area contributed by atoms with E-state index in [-0.39, 0.29) is 11.9 Å². The molecule has 0 amide bonds. The highest BCUT2D eigenvalue weighted by molar-refractivity contribution is 7.98. The van der Waals surface area contributed by atoms with E-state index in [0.29, 0.717) is 17.9 Å². The van der Waals surface area contributed by atoms with Gasteiger partial charge < -0.3 is 18.8 Å². The van der Waals surface area contributed by atoms with Gasteiger partial charge >= 0.3 is 5.97 Å². The van der Waals surface area contributed by atoms with Crippen LogP contribution in [0.3, 0.4) is 0 Å². The minimum Gasteiger partial charge on any atom is -0.460 e. The molecule has 2 fully saturated rings. The molecular formula is C23H28N4O4S. The molecule has 4 heterocycles. The molecule has 0 aliphatic carbocycles. The minimum absolute atomic E-state index is 0.191. The fourth-order valence-corrected chi connectivity index (χ4v) is 5.40. The van der Waals surface area contributed by atoms with E-state index < -0.39 is 5.97 Å². The summed E-state index contributed by atoms with van der Waals surface area (Å²) in [5.74, 6) is 1.29. The highest BCUT2D eigenvalue weighted by Gasteiger charge is 2.27. The molecule has 0 saturated carbocycles. The van der Waals surface area contributed by atoms with E-state index >= 15 is 0 Å². The molecule has 9 heteroatoms. The summed E-state index contributed by atoms with van der Waals surface area (Å²) in [7, 11) is 0. The molecule has 2 aromatic heterocycles. The van der Waals surface area contributed by atoms with E-state index in [2.05, 4.69) is 19.7 Å². The van der Waals surface area contributed by atoms with E-state index in [0.717, 1.165) is 61.1 Å². The van der Waals surface area contributed by atoms with Crippen molar-refractivity contribution in [3.63, 3.8) is 0 Å². The molecule has 0 bridgehead atoms. The van der Waals surface area contributed by atoms with Gasteiger partial charge in [0.15, 0.2) is 5.16 Å². The lowest BCUT2D eigenvalue weighted by molar-refractivity contribution is 0.0491. The van der Waals surface area contributed by atoms with E-state index in [1.54, 1.807) is 18.7 Å². The normalized spacial score (nSPS) is 18.7. The summed E-state index contributed by atoms with van der Waals surface area (Å²) in [4.78, 5) is 14.8. The van der Waals surface area contributed by atoms with Crippen LogP contribution in [0.5, 0.6) is 0 Å². The Balaban J connectivity index is 1.44. The molecule has 0 spiro atoms. The second-order valence-corrected chi connectivity index (χ2v) is 9.08. The maximum atomic E-state index is 12.5. The van der Waals surface area contributed by atoms with Crippen LogP contribution < -0.4 is 4.90 Å². The summed E-state index contributed by atoms with van der Waals surface area (Å²) in [6, 6.07) is 7.70. The van der Waals surface area contributed by atoms with Gasteiger partial charge in [0.25, 0.3) is 0 Å². The fourth-order valence-electron chi connectivity index (χ4n) is 4.43. The minimum atomic E-state index is -0.433. The Hall–Kier alpha value is -2.52. The molecule has 0 radical (unpaired) electrons. The van der Waals surface area contributed by atoms with Gasteiger partial charge in [0, 0.05) is 36.4 Å². The molecule has 1 atom stereocenters. The number of nitrogens with zero attached hydrogens (tertiary/aromatic N) is 4. The van der Waals surface area contributed by atoms with E-state index in [1.807, 2.05) is 24.3 Å². The van der Waals surface area contributed by atoms with E-state index in [1.165, 1.54) is 12.8 Å². The van der Waals surface area contributed by atoms with Gasteiger partial charge in [-0.1, -0.05) is 30.0 Å². The van der Waals surface area contributed by atoms with Crippen LogP contribution in [0.2, 0.25) is 0 Å². The summed E-state index contributed by atoms with van der Waals surface area (Å²) < 4.78 is 19.2. The Morgan fingerprint density at radius 2 is 2.06 bits per heavy atom. The predicted molar refractivity (Wildman–Crippen MR) is 122 cm³/mol. The molecule has 0 N–H and O–H groups in total. The van der Waals surface area contributed by atoms with Gasteiger partial charge in [0.2, 0.25) is 11.7 Å². The van der Waals surface area contributed by atoms with Crippen molar-refractivity contribution < 1.29 is 18.7 Å². The molecule has 1 aromatic carbocycles. The first-order chi connectivity index (χ1) is 15.7. The number of benzene rings is 1. The van der Waals surface area contributed by atoms with Crippen molar-refractivity contribution in [3.8, 4) is 0 Å². The Bertz CT molecular complexity index is 1080. The van der Waals surface area contributed by atoms with Crippen LogP contribution in [0.1, 0.15) is 48.7 Å². The molecule has 32 heavy (non-hydrogen) atoms. The van der Waals surface area contributed by atoms with Crippen molar-refractivity contribution in [3.05, 3.63) is 35.6 Å². The zero-order valence-corrected chi connectivity index (χ0v) is 19.1. The molecule has 2 aliphatic rings. The zero-order valence-electron chi connectivity index (χ0n) is 18.3. The van der Waals surface area contributed by atoms with Gasteiger partial charge in [-0.15, -0.1) is 10.2 Å². The summed E-state index contributed by atoms with van der Waals surface area (Å²) in [5.41, 5.74) is 1.52. The number of ether oxygens (including phenoxy) is 2. The molecule has 3 aromatic rings. The molecule has 2 saturated heterocycles. The average molecular weight is 457 g/mol. The van der Waals surface area contributed by atoms with Gasteiger partial charge in [0.1, 0.15) is 5.58 Å². The predicted octanol–water partition coefficient (Wildman–Crippen LogP) is 4.27. The number of furan rings is 1. The number of esters is 1. The first-order valence-electron chi connectivity index (χ1n) is 11.3. The quantitative estimate of drug-likeness (QED) is 0.367. The maximum absolute atomic E-state index is 12.5. The van der Waals surface area contributed by atoms with Crippen molar-refractivity contribution in [2.24, 2.45) is 0 Å². The van der Waals surface area contributed by atoms with Crippen LogP contribution >= 0.6 is 11.8 Å². The van der Waals surface area contributed by atoms with Gasteiger partial charge in [-0.3, -0.25) is 4.57 Å². The summed E-state index contributed by atoms with van der Waals surface area (Å²) in [6.45, 7) is 5.68. The van der Waals surface area contributed by atoms with Crippen molar-refractivity contribution in [1.82, 2.24) is 14.8 Å². The SMILES string of the molecule is CCOC(=O)c1oc2ccccc2c1CSc1nnc(N2CCCC2)n1C[C@H]1CCCO1. The first-order valence-corrected chi connectivity index (χ1v) is 12.3. The monoisotopic (exact) mass is 456 g/mol. The second-order valence-electron chi connectivity index (χ2n) is 8.14. The van der Waals surface area contributed by atoms with Crippen molar-refractivity contribution in [2.75, 3.05) is 31.2 Å². The molecular weight excluding hydrogens is 428 g/mol. The van der Waals surface area contributed by atoms with Crippen LogP contribution in [0, 0.1) is 0 Å². The zero-order chi connectivity index (χ0) is 21.9.